The third kappa shape index (κ3) is 7.55. The van der Waals surface area contributed by atoms with Crippen molar-refractivity contribution in [3.63, 3.8) is 0 Å². The molecule has 0 bridgehead atoms. The number of hydrogen-bond acceptors (Lipinski definition) is 4. The maximum atomic E-state index is 13.6. The molecule has 0 spiro atoms. The van der Waals surface area contributed by atoms with Crippen molar-refractivity contribution in [2.24, 2.45) is 0 Å². The number of hydrogen-bond donors (Lipinski definition) is 1. The number of benzene rings is 2. The Morgan fingerprint density at radius 3 is 2.26 bits per heavy atom. The highest BCUT2D eigenvalue weighted by Gasteiger charge is 2.31. The van der Waals surface area contributed by atoms with Crippen LogP contribution < -0.4 is 9.62 Å². The fourth-order valence-corrected chi connectivity index (χ4v) is 4.47. The van der Waals surface area contributed by atoms with Gasteiger partial charge in [-0.15, -0.1) is 0 Å². The average Bonchev–Trinajstić information content (AvgIpc) is 2.78. The molecular formula is C25H34FN3O4S. The molecule has 0 aliphatic rings. The van der Waals surface area contributed by atoms with Crippen LogP contribution in [0.1, 0.15) is 44.2 Å². The monoisotopic (exact) mass is 491 g/mol. The summed E-state index contributed by atoms with van der Waals surface area (Å²) >= 11 is 0. The third-order valence-corrected chi connectivity index (χ3v) is 6.75. The van der Waals surface area contributed by atoms with E-state index in [0.29, 0.717) is 13.0 Å². The molecule has 1 atom stereocenters. The summed E-state index contributed by atoms with van der Waals surface area (Å²) in [5.74, 6) is -1.31. The zero-order chi connectivity index (χ0) is 25.3. The highest BCUT2D eigenvalue weighted by atomic mass is 32.2. The molecule has 0 saturated heterocycles. The highest BCUT2D eigenvalue weighted by molar-refractivity contribution is 7.92. The van der Waals surface area contributed by atoms with E-state index in [1.807, 2.05) is 45.0 Å². The number of unbranched alkanes of at least 4 members (excludes halogenated alkanes) is 1. The predicted molar refractivity (Wildman–Crippen MR) is 132 cm³/mol. The topological polar surface area (TPSA) is 86.8 Å². The van der Waals surface area contributed by atoms with Crippen LogP contribution in [0.5, 0.6) is 0 Å². The van der Waals surface area contributed by atoms with Crippen LogP contribution in [0.2, 0.25) is 0 Å². The van der Waals surface area contributed by atoms with Crippen LogP contribution >= 0.6 is 0 Å². The molecule has 9 heteroatoms. The number of carbonyl (C=O) groups is 2. The molecule has 34 heavy (non-hydrogen) atoms. The Balaban J connectivity index is 2.40. The summed E-state index contributed by atoms with van der Waals surface area (Å²) in [6.45, 7) is 5.91. The van der Waals surface area contributed by atoms with Gasteiger partial charge in [0.1, 0.15) is 18.4 Å². The smallest absolute Gasteiger partial charge is 0.244 e. The van der Waals surface area contributed by atoms with E-state index in [1.165, 1.54) is 17.0 Å². The highest BCUT2D eigenvalue weighted by Crippen LogP contribution is 2.21. The Hall–Kier alpha value is -2.94. The van der Waals surface area contributed by atoms with Gasteiger partial charge in [0.15, 0.2) is 0 Å². The summed E-state index contributed by atoms with van der Waals surface area (Å²) in [5.41, 5.74) is 2.00. The lowest BCUT2D eigenvalue weighted by molar-refractivity contribution is -0.140. The van der Waals surface area contributed by atoms with E-state index in [-0.39, 0.29) is 18.1 Å². The molecule has 0 aromatic heterocycles. The van der Waals surface area contributed by atoms with Crippen LogP contribution in [0.25, 0.3) is 0 Å². The van der Waals surface area contributed by atoms with Crippen LogP contribution in [-0.2, 0) is 26.2 Å². The third-order valence-electron chi connectivity index (χ3n) is 5.61. The second-order valence-corrected chi connectivity index (χ2v) is 10.2. The normalized spacial score (nSPS) is 12.1. The second kappa shape index (κ2) is 12.5. The lowest BCUT2D eigenvalue weighted by Crippen LogP contribution is -2.52. The number of aryl methyl sites for hydroxylation is 1. The summed E-state index contributed by atoms with van der Waals surface area (Å²) in [6.07, 6.45) is 3.10. The SMILES string of the molecule is CCCCNC(=O)C(CC)N(Cc1ccccc1C)C(=O)CN(c1ccc(F)cc1)S(C)(=O)=O. The van der Waals surface area contributed by atoms with Crippen molar-refractivity contribution in [3.8, 4) is 0 Å². The van der Waals surface area contributed by atoms with Crippen molar-refractivity contribution in [2.75, 3.05) is 23.7 Å². The van der Waals surface area contributed by atoms with E-state index in [9.17, 15) is 22.4 Å². The van der Waals surface area contributed by atoms with Gasteiger partial charge in [0, 0.05) is 13.1 Å². The largest absolute Gasteiger partial charge is 0.354 e. The Kier molecular flexibility index (Phi) is 10.0. The molecule has 186 valence electrons. The maximum Gasteiger partial charge on any atom is 0.244 e. The molecule has 2 aromatic rings. The van der Waals surface area contributed by atoms with Crippen molar-refractivity contribution in [1.82, 2.24) is 10.2 Å². The molecule has 0 saturated carbocycles. The van der Waals surface area contributed by atoms with Crippen LogP contribution in [-0.4, -0.2) is 50.5 Å². The van der Waals surface area contributed by atoms with Crippen LogP contribution in [0.15, 0.2) is 48.5 Å². The molecule has 7 nitrogen and oxygen atoms in total. The number of rotatable bonds is 12. The van der Waals surface area contributed by atoms with Gasteiger partial charge in [0.05, 0.1) is 11.9 Å². The molecule has 0 heterocycles. The van der Waals surface area contributed by atoms with Crippen molar-refractivity contribution in [2.45, 2.75) is 52.6 Å². The van der Waals surface area contributed by atoms with E-state index >= 15 is 0 Å². The number of carbonyl (C=O) groups excluding carboxylic acids is 2. The van der Waals surface area contributed by atoms with Gasteiger partial charge < -0.3 is 10.2 Å². The Morgan fingerprint density at radius 1 is 1.06 bits per heavy atom. The van der Waals surface area contributed by atoms with Crippen molar-refractivity contribution >= 4 is 27.5 Å². The first-order chi connectivity index (χ1) is 16.1. The Morgan fingerprint density at radius 2 is 1.71 bits per heavy atom. The maximum absolute atomic E-state index is 13.6. The van der Waals surface area contributed by atoms with Gasteiger partial charge in [-0.3, -0.25) is 13.9 Å². The molecule has 0 radical (unpaired) electrons. The van der Waals surface area contributed by atoms with E-state index in [4.69, 9.17) is 0 Å². The van der Waals surface area contributed by atoms with E-state index in [2.05, 4.69) is 5.32 Å². The molecule has 0 aliphatic heterocycles. The Labute approximate surface area is 202 Å². The minimum Gasteiger partial charge on any atom is -0.354 e. The van der Waals surface area contributed by atoms with Gasteiger partial charge in [-0.2, -0.15) is 0 Å². The quantitative estimate of drug-likeness (QED) is 0.460. The van der Waals surface area contributed by atoms with E-state index in [1.54, 1.807) is 0 Å². The Bertz CT molecular complexity index is 1070. The predicted octanol–water partition coefficient (Wildman–Crippen LogP) is 3.62. The fourth-order valence-electron chi connectivity index (χ4n) is 3.62. The molecule has 1 unspecified atom stereocenters. The van der Waals surface area contributed by atoms with Crippen molar-refractivity contribution < 1.29 is 22.4 Å². The van der Waals surface area contributed by atoms with Crippen LogP contribution in [0.3, 0.4) is 0 Å². The molecule has 1 N–H and O–H groups in total. The average molecular weight is 492 g/mol. The van der Waals surface area contributed by atoms with E-state index in [0.717, 1.165) is 46.7 Å². The van der Waals surface area contributed by atoms with Gasteiger partial charge in [0.25, 0.3) is 0 Å². The summed E-state index contributed by atoms with van der Waals surface area (Å²) in [5, 5.41) is 2.89. The minimum absolute atomic E-state index is 0.159. The van der Waals surface area contributed by atoms with Gasteiger partial charge in [-0.05, 0) is 55.2 Å². The first-order valence-electron chi connectivity index (χ1n) is 11.4. The second-order valence-electron chi connectivity index (χ2n) is 8.26. The lowest BCUT2D eigenvalue weighted by atomic mass is 10.1. The van der Waals surface area contributed by atoms with Gasteiger partial charge in [-0.1, -0.05) is 44.5 Å². The minimum atomic E-state index is -3.85. The summed E-state index contributed by atoms with van der Waals surface area (Å²) in [7, 11) is -3.85. The number of amides is 2. The number of sulfonamides is 1. The lowest BCUT2D eigenvalue weighted by Gasteiger charge is -2.33. The van der Waals surface area contributed by atoms with Gasteiger partial charge in [-0.25, -0.2) is 12.8 Å². The molecule has 2 rings (SSSR count). The molecule has 0 fully saturated rings. The molecule has 2 aromatic carbocycles. The zero-order valence-corrected chi connectivity index (χ0v) is 21.1. The van der Waals surface area contributed by atoms with Crippen LogP contribution in [0, 0.1) is 12.7 Å². The number of nitrogens with zero attached hydrogens (tertiary/aromatic N) is 2. The molecule has 0 aliphatic carbocycles. The van der Waals surface area contributed by atoms with E-state index < -0.39 is 34.3 Å². The zero-order valence-electron chi connectivity index (χ0n) is 20.3. The number of nitrogens with one attached hydrogen (secondary N) is 1. The summed E-state index contributed by atoms with van der Waals surface area (Å²) in [6, 6.07) is 11.7. The number of halogens is 1. The molecular weight excluding hydrogens is 457 g/mol. The standard InChI is InChI=1S/C25H34FN3O4S/c1-5-7-16-27-25(31)23(6-2)28(17-20-11-9-8-10-19(20)3)24(30)18-29(34(4,32)33)22-14-12-21(26)13-15-22/h8-15,23H,5-7,16-18H2,1-4H3,(H,27,31). The van der Waals surface area contributed by atoms with Crippen molar-refractivity contribution in [1.29, 1.82) is 0 Å². The summed E-state index contributed by atoms with van der Waals surface area (Å²) < 4.78 is 39.4. The first kappa shape index (κ1) is 27.3. The first-order valence-corrected chi connectivity index (χ1v) is 13.3. The van der Waals surface area contributed by atoms with Gasteiger partial charge >= 0.3 is 0 Å². The van der Waals surface area contributed by atoms with Crippen LogP contribution in [0.4, 0.5) is 10.1 Å². The summed E-state index contributed by atoms with van der Waals surface area (Å²) in [4.78, 5) is 28.0. The number of anilines is 1. The van der Waals surface area contributed by atoms with Gasteiger partial charge in [0.2, 0.25) is 21.8 Å². The fraction of sp³-hybridized carbons (Fsp3) is 0.440. The molecule has 2 amide bonds. The van der Waals surface area contributed by atoms with Crippen molar-refractivity contribution in [3.05, 3.63) is 65.5 Å².